The molecule has 0 spiro atoms. The summed E-state index contributed by atoms with van der Waals surface area (Å²) in [7, 11) is 0. The van der Waals surface area contributed by atoms with Crippen LogP contribution in [0.25, 0.3) is 0 Å². The van der Waals surface area contributed by atoms with Crippen LogP contribution < -0.4 is 0 Å². The van der Waals surface area contributed by atoms with Gasteiger partial charge in [-0.2, -0.15) is 5.26 Å². The van der Waals surface area contributed by atoms with Crippen LogP contribution >= 0.6 is 0 Å². The lowest BCUT2D eigenvalue weighted by Gasteiger charge is -2.70. The van der Waals surface area contributed by atoms with Crippen LogP contribution in [0.1, 0.15) is 118 Å². The summed E-state index contributed by atoms with van der Waals surface area (Å²) >= 11 is 0. The van der Waals surface area contributed by atoms with Crippen molar-refractivity contribution in [1.82, 2.24) is 0 Å². The summed E-state index contributed by atoms with van der Waals surface area (Å²) in [6.07, 6.45) is 11.1. The van der Waals surface area contributed by atoms with E-state index < -0.39 is 16.8 Å². The first-order chi connectivity index (χ1) is 21.7. The Bertz CT molecular complexity index is 1470. The number of nitrogens with zero attached hydrogens (tertiary/aromatic N) is 1. The third-order valence-electron chi connectivity index (χ3n) is 14.6. The number of benzene rings is 1. The van der Waals surface area contributed by atoms with Gasteiger partial charge in [0, 0.05) is 6.42 Å². The van der Waals surface area contributed by atoms with Gasteiger partial charge in [-0.1, -0.05) is 76.6 Å². The van der Waals surface area contributed by atoms with Gasteiger partial charge in [0.2, 0.25) is 0 Å². The van der Waals surface area contributed by atoms with E-state index in [2.05, 4.69) is 40.7 Å². The first-order valence-electron chi connectivity index (χ1n) is 17.6. The first-order valence-corrected chi connectivity index (χ1v) is 17.6. The maximum Gasteiger partial charge on any atom is 0.320 e. The SMILES string of the molecule is CC1(C)CC[C@]2(C(=O)OCc3ccccc3)CC[C@]3(C)C(=CC[C@@H]4[C@@]5(C)CCC(=O)[C@@](C)(COC(=O)CC#N)[C@@H]5CC[C@]43C)[C@@H]2C1. The van der Waals surface area contributed by atoms with Crippen molar-refractivity contribution in [2.45, 2.75) is 119 Å². The van der Waals surface area contributed by atoms with E-state index in [1.807, 2.05) is 43.3 Å². The lowest BCUT2D eigenvalue weighted by Crippen LogP contribution is -2.65. The van der Waals surface area contributed by atoms with E-state index in [0.717, 1.165) is 63.4 Å². The van der Waals surface area contributed by atoms with Crippen molar-refractivity contribution in [1.29, 1.82) is 5.26 Å². The van der Waals surface area contributed by atoms with Crippen LogP contribution in [-0.4, -0.2) is 24.3 Å². The number of nitriles is 1. The molecule has 1 aromatic rings. The second-order valence-corrected chi connectivity index (χ2v) is 17.3. The number of hydrogen-bond acceptors (Lipinski definition) is 6. The van der Waals surface area contributed by atoms with Gasteiger partial charge in [0.25, 0.3) is 0 Å². The number of hydrogen-bond donors (Lipinski definition) is 0. The fraction of sp³-hybridized carbons (Fsp3) is 0.700. The van der Waals surface area contributed by atoms with Crippen LogP contribution in [0.4, 0.5) is 0 Å². The Hall–Kier alpha value is -2.94. The number of ketones is 1. The highest BCUT2D eigenvalue weighted by atomic mass is 16.5. The van der Waals surface area contributed by atoms with Crippen molar-refractivity contribution in [3.63, 3.8) is 0 Å². The van der Waals surface area contributed by atoms with Gasteiger partial charge in [-0.15, -0.1) is 0 Å². The minimum Gasteiger partial charge on any atom is -0.464 e. The summed E-state index contributed by atoms with van der Waals surface area (Å²) < 4.78 is 11.7. The van der Waals surface area contributed by atoms with Gasteiger partial charge in [-0.25, -0.2) is 0 Å². The molecule has 6 heteroatoms. The van der Waals surface area contributed by atoms with E-state index in [9.17, 15) is 14.4 Å². The van der Waals surface area contributed by atoms with Gasteiger partial charge in [0.1, 0.15) is 25.4 Å². The second kappa shape index (κ2) is 11.3. The predicted molar refractivity (Wildman–Crippen MR) is 176 cm³/mol. The maximum absolute atomic E-state index is 14.2. The summed E-state index contributed by atoms with van der Waals surface area (Å²) in [5.41, 5.74) is 1.32. The van der Waals surface area contributed by atoms with Crippen molar-refractivity contribution in [3.8, 4) is 6.07 Å². The zero-order valence-corrected chi connectivity index (χ0v) is 28.9. The molecular weight excluding hydrogens is 574 g/mol. The van der Waals surface area contributed by atoms with Crippen LogP contribution in [0, 0.1) is 61.6 Å². The number of ether oxygens (including phenoxy) is 2. The van der Waals surface area contributed by atoms with Gasteiger partial charge in [-0.05, 0) is 110 Å². The van der Waals surface area contributed by atoms with Crippen molar-refractivity contribution in [2.75, 3.05) is 6.61 Å². The Kier molecular flexibility index (Phi) is 8.13. The molecule has 0 bridgehead atoms. The molecule has 5 aliphatic rings. The highest BCUT2D eigenvalue weighted by molar-refractivity contribution is 5.86. The molecule has 46 heavy (non-hydrogen) atoms. The smallest absolute Gasteiger partial charge is 0.320 e. The molecule has 248 valence electrons. The molecule has 0 aliphatic heterocycles. The minimum atomic E-state index is -0.748. The lowest BCUT2D eigenvalue weighted by atomic mass is 9.33. The summed E-state index contributed by atoms with van der Waals surface area (Å²) in [6.45, 7) is 14.5. The molecule has 0 N–H and O–H groups in total. The molecule has 0 heterocycles. The third kappa shape index (κ3) is 4.89. The molecular formula is C40H53NO5. The first kappa shape index (κ1) is 33.0. The number of allylic oxidation sites excluding steroid dienone is 2. The largest absolute Gasteiger partial charge is 0.464 e. The monoisotopic (exact) mass is 627 g/mol. The molecule has 4 fully saturated rings. The van der Waals surface area contributed by atoms with E-state index in [0.29, 0.717) is 18.9 Å². The van der Waals surface area contributed by atoms with Crippen LogP contribution in [0.3, 0.4) is 0 Å². The molecule has 4 saturated carbocycles. The Balaban J connectivity index is 1.33. The molecule has 5 aliphatic carbocycles. The third-order valence-corrected chi connectivity index (χ3v) is 14.6. The standard InChI is InChI=1S/C40H53NO5/c1-35(2)19-21-40(34(44)45-25-27-10-8-7-9-11-27)22-20-38(5)28(29(40)24-35)12-13-31-36(3)17-15-32(42)37(4,26-46-33(43)16-23-41)30(36)14-18-39(31,38)6/h7-12,29-31H,13-22,24-26H2,1-6H3/t29-,30+,31+,36-,37-,38+,39+,40-/m0/s1. The van der Waals surface area contributed by atoms with Gasteiger partial charge < -0.3 is 9.47 Å². The van der Waals surface area contributed by atoms with Gasteiger partial charge in [-0.3, -0.25) is 14.4 Å². The molecule has 1 aromatic carbocycles. The van der Waals surface area contributed by atoms with Gasteiger partial charge in [0.15, 0.2) is 0 Å². The summed E-state index contributed by atoms with van der Waals surface area (Å²) in [5, 5.41) is 8.97. The molecule has 8 atom stereocenters. The minimum absolute atomic E-state index is 0.0167. The number of rotatable bonds is 6. The zero-order valence-electron chi connectivity index (χ0n) is 28.9. The van der Waals surface area contributed by atoms with E-state index in [1.54, 1.807) is 0 Å². The summed E-state index contributed by atoms with van der Waals surface area (Å²) in [6, 6.07) is 11.9. The fourth-order valence-electron chi connectivity index (χ4n) is 11.6. The van der Waals surface area contributed by atoms with Crippen molar-refractivity contribution in [2.24, 2.45) is 50.2 Å². The fourth-order valence-corrected chi connectivity index (χ4v) is 11.6. The topological polar surface area (TPSA) is 93.5 Å². The van der Waals surface area contributed by atoms with Crippen LogP contribution in [0.5, 0.6) is 0 Å². The van der Waals surface area contributed by atoms with Crippen LogP contribution in [0.15, 0.2) is 42.0 Å². The average molecular weight is 628 g/mol. The van der Waals surface area contributed by atoms with Crippen molar-refractivity contribution in [3.05, 3.63) is 47.5 Å². The normalized spacial score (nSPS) is 40.9. The summed E-state index contributed by atoms with van der Waals surface area (Å²) in [4.78, 5) is 40.0. The Morgan fingerprint density at radius 3 is 2.35 bits per heavy atom. The molecule has 6 rings (SSSR count). The molecule has 0 unspecified atom stereocenters. The van der Waals surface area contributed by atoms with Gasteiger partial charge >= 0.3 is 11.9 Å². The van der Waals surface area contributed by atoms with E-state index >= 15 is 0 Å². The van der Waals surface area contributed by atoms with Crippen LogP contribution in [-0.2, 0) is 30.5 Å². The number of Topliss-reactive ketones (excluding diaryl/α,β-unsaturated/α-hetero) is 1. The van der Waals surface area contributed by atoms with E-state index in [-0.39, 0.29) is 58.3 Å². The molecule has 0 amide bonds. The molecule has 0 aromatic heterocycles. The van der Waals surface area contributed by atoms with Crippen molar-refractivity contribution >= 4 is 17.7 Å². The Morgan fingerprint density at radius 1 is 0.913 bits per heavy atom. The lowest BCUT2D eigenvalue weighted by molar-refractivity contribution is -0.198. The molecule has 0 radical (unpaired) electrons. The molecule has 0 saturated heterocycles. The van der Waals surface area contributed by atoms with Crippen LogP contribution in [0.2, 0.25) is 0 Å². The highest BCUT2D eigenvalue weighted by Gasteiger charge is 2.70. The van der Waals surface area contributed by atoms with Crippen molar-refractivity contribution < 1.29 is 23.9 Å². The molecule has 6 nitrogen and oxygen atoms in total. The number of carbonyl (C=O) groups is 3. The second-order valence-electron chi connectivity index (χ2n) is 17.3. The maximum atomic E-state index is 14.2. The number of esters is 2. The highest BCUT2D eigenvalue weighted by Crippen LogP contribution is 2.75. The summed E-state index contributed by atoms with van der Waals surface area (Å²) in [5.74, 6) is 0.267. The predicted octanol–water partition coefficient (Wildman–Crippen LogP) is 8.54. The Morgan fingerprint density at radius 2 is 1.63 bits per heavy atom. The average Bonchev–Trinajstić information content (AvgIpc) is 3.02. The van der Waals surface area contributed by atoms with Gasteiger partial charge in [0.05, 0.1) is 16.9 Å². The van der Waals surface area contributed by atoms with E-state index in [4.69, 9.17) is 14.7 Å². The number of carbonyl (C=O) groups excluding carboxylic acids is 3. The zero-order chi connectivity index (χ0) is 33.2. The Labute approximate surface area is 275 Å². The van der Waals surface area contributed by atoms with E-state index in [1.165, 1.54) is 5.57 Å². The number of fused-ring (bicyclic) bond motifs is 7. The quantitative estimate of drug-likeness (QED) is 0.232.